The molecular weight excluding hydrogens is 278 g/mol. The number of hydrogen-bond donors (Lipinski definition) is 1. The van der Waals surface area contributed by atoms with Gasteiger partial charge in [-0.3, -0.25) is 9.78 Å². The van der Waals surface area contributed by atoms with Gasteiger partial charge < -0.3 is 9.84 Å². The minimum Gasteiger partial charge on any atom is -0.356 e. The van der Waals surface area contributed by atoms with E-state index in [0.29, 0.717) is 12.2 Å². The summed E-state index contributed by atoms with van der Waals surface area (Å²) in [5.74, 6) is -0.0785. The SMILES string of the molecule is Cc1cc2onc(CC(=O)NCc3ccncc3)c2cc1C. The maximum atomic E-state index is 12.1. The number of rotatable bonds is 4. The summed E-state index contributed by atoms with van der Waals surface area (Å²) in [5.41, 5.74) is 4.72. The van der Waals surface area contributed by atoms with Gasteiger partial charge in [0.25, 0.3) is 0 Å². The van der Waals surface area contributed by atoms with Gasteiger partial charge >= 0.3 is 0 Å². The molecule has 112 valence electrons. The van der Waals surface area contributed by atoms with Gasteiger partial charge in [-0.15, -0.1) is 0 Å². The van der Waals surface area contributed by atoms with E-state index in [9.17, 15) is 4.79 Å². The Morgan fingerprint density at radius 3 is 2.68 bits per heavy atom. The number of aromatic nitrogens is 2. The fourth-order valence-corrected chi connectivity index (χ4v) is 2.29. The van der Waals surface area contributed by atoms with Gasteiger partial charge in [0.2, 0.25) is 5.91 Å². The monoisotopic (exact) mass is 295 g/mol. The van der Waals surface area contributed by atoms with Gasteiger partial charge in [0.15, 0.2) is 5.58 Å². The topological polar surface area (TPSA) is 68.0 Å². The molecule has 0 fully saturated rings. The van der Waals surface area contributed by atoms with Crippen LogP contribution in [0.15, 0.2) is 41.2 Å². The van der Waals surface area contributed by atoms with Gasteiger partial charge in [-0.2, -0.15) is 0 Å². The Labute approximate surface area is 128 Å². The Morgan fingerprint density at radius 2 is 1.91 bits per heavy atom. The third-order valence-corrected chi connectivity index (χ3v) is 3.73. The number of hydrogen-bond acceptors (Lipinski definition) is 4. The maximum Gasteiger partial charge on any atom is 0.226 e. The minimum absolute atomic E-state index is 0.0785. The van der Waals surface area contributed by atoms with Crippen LogP contribution in [0, 0.1) is 13.8 Å². The molecule has 0 aliphatic carbocycles. The van der Waals surface area contributed by atoms with E-state index in [4.69, 9.17) is 4.52 Å². The molecule has 22 heavy (non-hydrogen) atoms. The summed E-state index contributed by atoms with van der Waals surface area (Å²) in [6.45, 7) is 4.54. The van der Waals surface area contributed by atoms with Gasteiger partial charge in [0.1, 0.15) is 5.69 Å². The average Bonchev–Trinajstić information content (AvgIpc) is 2.89. The number of aryl methyl sites for hydroxylation is 2. The van der Waals surface area contributed by atoms with Crippen molar-refractivity contribution in [1.29, 1.82) is 0 Å². The van der Waals surface area contributed by atoms with Gasteiger partial charge in [0.05, 0.1) is 6.42 Å². The lowest BCUT2D eigenvalue weighted by Gasteiger charge is -2.04. The normalized spacial score (nSPS) is 10.8. The molecule has 0 bridgehead atoms. The van der Waals surface area contributed by atoms with E-state index in [0.717, 1.165) is 27.7 Å². The molecule has 0 unspecified atom stereocenters. The number of carbonyl (C=O) groups is 1. The second kappa shape index (κ2) is 5.97. The number of amides is 1. The Balaban J connectivity index is 1.70. The van der Waals surface area contributed by atoms with Crippen molar-refractivity contribution in [3.8, 4) is 0 Å². The number of benzene rings is 1. The molecule has 0 aliphatic rings. The van der Waals surface area contributed by atoms with E-state index in [-0.39, 0.29) is 12.3 Å². The van der Waals surface area contributed by atoms with Crippen molar-refractivity contribution in [2.45, 2.75) is 26.8 Å². The van der Waals surface area contributed by atoms with Crippen LogP contribution in [0.4, 0.5) is 0 Å². The fourth-order valence-electron chi connectivity index (χ4n) is 2.29. The fraction of sp³-hybridized carbons (Fsp3) is 0.235. The molecule has 1 amide bonds. The van der Waals surface area contributed by atoms with Crippen LogP contribution in [0.25, 0.3) is 11.0 Å². The van der Waals surface area contributed by atoms with Crippen molar-refractivity contribution in [2.24, 2.45) is 0 Å². The predicted octanol–water partition coefficient (Wildman–Crippen LogP) is 2.70. The second-order valence-electron chi connectivity index (χ2n) is 5.37. The standard InChI is InChI=1S/C17H17N3O2/c1-11-7-14-15(20-22-16(14)8-12(11)2)9-17(21)19-10-13-3-5-18-6-4-13/h3-8H,9-10H2,1-2H3,(H,19,21). The first kappa shape index (κ1) is 14.3. The predicted molar refractivity (Wildman–Crippen MR) is 83.3 cm³/mol. The molecular formula is C17H17N3O2. The molecule has 2 aromatic heterocycles. The lowest BCUT2D eigenvalue weighted by atomic mass is 10.1. The van der Waals surface area contributed by atoms with E-state index >= 15 is 0 Å². The van der Waals surface area contributed by atoms with Crippen LogP contribution < -0.4 is 5.32 Å². The molecule has 0 saturated heterocycles. The molecule has 1 N–H and O–H groups in total. The molecule has 0 radical (unpaired) electrons. The van der Waals surface area contributed by atoms with Crippen LogP contribution in [0.2, 0.25) is 0 Å². The van der Waals surface area contributed by atoms with Crippen molar-refractivity contribution < 1.29 is 9.32 Å². The van der Waals surface area contributed by atoms with E-state index in [2.05, 4.69) is 15.5 Å². The Hall–Kier alpha value is -2.69. The first-order chi connectivity index (χ1) is 10.6. The summed E-state index contributed by atoms with van der Waals surface area (Å²) >= 11 is 0. The van der Waals surface area contributed by atoms with Crippen molar-refractivity contribution >= 4 is 16.9 Å². The van der Waals surface area contributed by atoms with Crippen LogP contribution in [-0.2, 0) is 17.8 Å². The molecule has 5 heteroatoms. The highest BCUT2D eigenvalue weighted by atomic mass is 16.5. The first-order valence-corrected chi connectivity index (χ1v) is 7.14. The van der Waals surface area contributed by atoms with Gasteiger partial charge in [-0.05, 0) is 54.8 Å². The molecule has 0 atom stereocenters. The number of fused-ring (bicyclic) bond motifs is 1. The molecule has 0 saturated carbocycles. The lowest BCUT2D eigenvalue weighted by molar-refractivity contribution is -0.120. The highest BCUT2D eigenvalue weighted by molar-refractivity contribution is 5.87. The van der Waals surface area contributed by atoms with Gasteiger partial charge in [-0.25, -0.2) is 0 Å². The molecule has 0 aliphatic heterocycles. The summed E-state index contributed by atoms with van der Waals surface area (Å²) in [6, 6.07) is 7.72. The van der Waals surface area contributed by atoms with Gasteiger partial charge in [0, 0.05) is 24.3 Å². The highest BCUT2D eigenvalue weighted by Gasteiger charge is 2.13. The van der Waals surface area contributed by atoms with Crippen molar-refractivity contribution in [3.05, 3.63) is 59.0 Å². The van der Waals surface area contributed by atoms with Crippen molar-refractivity contribution in [2.75, 3.05) is 0 Å². The first-order valence-electron chi connectivity index (χ1n) is 7.14. The largest absolute Gasteiger partial charge is 0.356 e. The van der Waals surface area contributed by atoms with Crippen molar-refractivity contribution in [1.82, 2.24) is 15.5 Å². The van der Waals surface area contributed by atoms with Crippen LogP contribution in [0.5, 0.6) is 0 Å². The average molecular weight is 295 g/mol. The molecule has 2 heterocycles. The quantitative estimate of drug-likeness (QED) is 0.803. The van der Waals surface area contributed by atoms with E-state index in [1.807, 2.05) is 38.1 Å². The summed E-state index contributed by atoms with van der Waals surface area (Å²) in [5, 5.41) is 7.81. The molecule has 0 spiro atoms. The summed E-state index contributed by atoms with van der Waals surface area (Å²) in [7, 11) is 0. The third-order valence-electron chi connectivity index (χ3n) is 3.73. The number of pyridine rings is 1. The Morgan fingerprint density at radius 1 is 1.18 bits per heavy atom. The van der Waals surface area contributed by atoms with E-state index in [1.54, 1.807) is 12.4 Å². The molecule has 1 aromatic carbocycles. The van der Waals surface area contributed by atoms with E-state index < -0.39 is 0 Å². The summed E-state index contributed by atoms with van der Waals surface area (Å²) in [6.07, 6.45) is 3.62. The zero-order chi connectivity index (χ0) is 15.5. The van der Waals surface area contributed by atoms with Crippen molar-refractivity contribution in [3.63, 3.8) is 0 Å². The molecule has 3 rings (SSSR count). The van der Waals surface area contributed by atoms with Crippen LogP contribution in [0.3, 0.4) is 0 Å². The van der Waals surface area contributed by atoms with E-state index in [1.165, 1.54) is 0 Å². The molecule has 3 aromatic rings. The summed E-state index contributed by atoms with van der Waals surface area (Å²) in [4.78, 5) is 16.0. The highest BCUT2D eigenvalue weighted by Crippen LogP contribution is 2.22. The zero-order valence-electron chi connectivity index (χ0n) is 12.6. The van der Waals surface area contributed by atoms with Gasteiger partial charge in [-0.1, -0.05) is 5.16 Å². The number of nitrogens with one attached hydrogen (secondary N) is 1. The lowest BCUT2D eigenvalue weighted by Crippen LogP contribution is -2.24. The summed E-state index contributed by atoms with van der Waals surface area (Å²) < 4.78 is 5.31. The van der Waals surface area contributed by atoms with Crippen LogP contribution in [-0.4, -0.2) is 16.0 Å². The van der Waals surface area contributed by atoms with Crippen LogP contribution >= 0.6 is 0 Å². The zero-order valence-corrected chi connectivity index (χ0v) is 12.6. The van der Waals surface area contributed by atoms with Crippen LogP contribution in [0.1, 0.15) is 22.4 Å². The number of nitrogens with zero attached hydrogens (tertiary/aromatic N) is 2. The minimum atomic E-state index is -0.0785. The third kappa shape index (κ3) is 2.98. The number of carbonyl (C=O) groups excluding carboxylic acids is 1. The Kier molecular flexibility index (Phi) is 3.87. The molecule has 5 nitrogen and oxygen atoms in total. The Bertz CT molecular complexity index is 809. The smallest absolute Gasteiger partial charge is 0.226 e. The second-order valence-corrected chi connectivity index (χ2v) is 5.37. The maximum absolute atomic E-state index is 12.1.